The van der Waals surface area contributed by atoms with Gasteiger partial charge in [0.05, 0.1) is 0 Å². The predicted molar refractivity (Wildman–Crippen MR) is 72.5 cm³/mol. The topological polar surface area (TPSA) is 0 Å². The van der Waals surface area contributed by atoms with Crippen LogP contribution in [0.5, 0.6) is 0 Å². The van der Waals surface area contributed by atoms with Gasteiger partial charge in [0.25, 0.3) is 0 Å². The van der Waals surface area contributed by atoms with Crippen LogP contribution in [-0.2, 0) is 6.42 Å². The lowest BCUT2D eigenvalue weighted by Gasteiger charge is -2.07. The van der Waals surface area contributed by atoms with E-state index in [0.29, 0.717) is 5.38 Å². The minimum Gasteiger partial charge on any atom is -0.144 e. The van der Waals surface area contributed by atoms with Gasteiger partial charge in [-0.1, -0.05) is 18.2 Å². The zero-order chi connectivity index (χ0) is 11.0. The van der Waals surface area contributed by atoms with Gasteiger partial charge in [0.15, 0.2) is 0 Å². The molecule has 1 saturated carbocycles. The number of alkyl halides is 1. The average molecular weight is 251 g/mol. The van der Waals surface area contributed by atoms with E-state index in [0.717, 1.165) is 5.92 Å². The SMILES string of the molecule is ClC1CCC(Cc2csc3ccccc23)C1. The molecule has 2 heteroatoms. The number of halogens is 1. The third-order valence-electron chi connectivity index (χ3n) is 3.55. The first-order valence-electron chi connectivity index (χ1n) is 5.92. The van der Waals surface area contributed by atoms with Gasteiger partial charge in [0.2, 0.25) is 0 Å². The molecule has 2 atom stereocenters. The first-order valence-corrected chi connectivity index (χ1v) is 7.23. The lowest BCUT2D eigenvalue weighted by Crippen LogP contribution is -1.99. The number of fused-ring (bicyclic) bond motifs is 1. The molecule has 84 valence electrons. The van der Waals surface area contributed by atoms with E-state index in [1.807, 2.05) is 11.3 Å². The molecule has 0 nitrogen and oxygen atoms in total. The zero-order valence-electron chi connectivity index (χ0n) is 9.16. The van der Waals surface area contributed by atoms with Gasteiger partial charge in [-0.2, -0.15) is 0 Å². The Morgan fingerprint density at radius 1 is 1.25 bits per heavy atom. The summed E-state index contributed by atoms with van der Waals surface area (Å²) >= 11 is 8.03. The summed E-state index contributed by atoms with van der Waals surface area (Å²) in [6.45, 7) is 0. The molecule has 0 spiro atoms. The second-order valence-corrected chi connectivity index (χ2v) is 6.27. The third-order valence-corrected chi connectivity index (χ3v) is 4.96. The summed E-state index contributed by atoms with van der Waals surface area (Å²) in [6.07, 6.45) is 4.92. The number of benzene rings is 1. The van der Waals surface area contributed by atoms with E-state index in [1.54, 1.807) is 0 Å². The Kier molecular flexibility index (Phi) is 2.91. The van der Waals surface area contributed by atoms with E-state index in [2.05, 4.69) is 29.6 Å². The van der Waals surface area contributed by atoms with E-state index < -0.39 is 0 Å². The number of rotatable bonds is 2. The molecule has 0 amide bonds. The second-order valence-electron chi connectivity index (χ2n) is 4.74. The molecular formula is C14H15ClS. The Morgan fingerprint density at radius 2 is 2.12 bits per heavy atom. The van der Waals surface area contributed by atoms with E-state index in [9.17, 15) is 0 Å². The van der Waals surface area contributed by atoms with Gasteiger partial charge < -0.3 is 0 Å². The van der Waals surface area contributed by atoms with Gasteiger partial charge in [-0.3, -0.25) is 0 Å². The molecule has 1 aliphatic rings. The van der Waals surface area contributed by atoms with Crippen LogP contribution < -0.4 is 0 Å². The third kappa shape index (κ3) is 1.99. The van der Waals surface area contributed by atoms with Gasteiger partial charge >= 0.3 is 0 Å². The van der Waals surface area contributed by atoms with Crippen molar-refractivity contribution in [1.29, 1.82) is 0 Å². The van der Waals surface area contributed by atoms with Crippen molar-refractivity contribution >= 4 is 33.0 Å². The molecule has 0 aliphatic heterocycles. The minimum atomic E-state index is 0.426. The van der Waals surface area contributed by atoms with Gasteiger partial charge in [-0.25, -0.2) is 0 Å². The molecule has 0 bridgehead atoms. The van der Waals surface area contributed by atoms with Crippen molar-refractivity contribution in [3.8, 4) is 0 Å². The van der Waals surface area contributed by atoms with Crippen molar-refractivity contribution in [2.24, 2.45) is 5.92 Å². The summed E-state index contributed by atoms with van der Waals surface area (Å²) in [6, 6.07) is 8.71. The van der Waals surface area contributed by atoms with Gasteiger partial charge in [-0.05, 0) is 54.0 Å². The van der Waals surface area contributed by atoms with Crippen LogP contribution >= 0.6 is 22.9 Å². The molecule has 1 heterocycles. The highest BCUT2D eigenvalue weighted by Gasteiger charge is 2.23. The molecule has 1 fully saturated rings. The van der Waals surface area contributed by atoms with Crippen molar-refractivity contribution in [2.75, 3.05) is 0 Å². The maximum absolute atomic E-state index is 6.17. The second kappa shape index (κ2) is 4.38. The average Bonchev–Trinajstić information content (AvgIpc) is 2.87. The standard InChI is InChI=1S/C14H15ClS/c15-12-6-5-10(8-12)7-11-9-16-14-4-2-1-3-13(11)14/h1-4,9-10,12H,5-8H2. The predicted octanol–water partition coefficient (Wildman–Crippen LogP) is 4.85. The quantitative estimate of drug-likeness (QED) is 0.669. The zero-order valence-corrected chi connectivity index (χ0v) is 10.7. The highest BCUT2D eigenvalue weighted by atomic mass is 35.5. The van der Waals surface area contributed by atoms with Crippen LogP contribution in [0.4, 0.5) is 0 Å². The lowest BCUT2D eigenvalue weighted by atomic mass is 9.98. The Morgan fingerprint density at radius 3 is 2.94 bits per heavy atom. The molecule has 1 aliphatic carbocycles. The van der Waals surface area contributed by atoms with E-state index in [4.69, 9.17) is 11.6 Å². The molecule has 2 unspecified atom stereocenters. The highest BCUT2D eigenvalue weighted by molar-refractivity contribution is 7.17. The molecule has 3 rings (SSSR count). The fourth-order valence-electron chi connectivity index (χ4n) is 2.70. The monoisotopic (exact) mass is 250 g/mol. The molecule has 0 saturated heterocycles. The van der Waals surface area contributed by atoms with Crippen molar-refractivity contribution < 1.29 is 0 Å². The van der Waals surface area contributed by atoms with Crippen LogP contribution in [0.3, 0.4) is 0 Å². The van der Waals surface area contributed by atoms with Crippen LogP contribution in [0.1, 0.15) is 24.8 Å². The van der Waals surface area contributed by atoms with Crippen molar-refractivity contribution in [3.05, 3.63) is 35.2 Å². The smallest absolute Gasteiger partial charge is 0.0345 e. The summed E-state index contributed by atoms with van der Waals surface area (Å²) in [7, 11) is 0. The normalized spacial score (nSPS) is 25.3. The fourth-order valence-corrected chi connectivity index (χ4v) is 4.05. The van der Waals surface area contributed by atoms with Crippen LogP contribution in [-0.4, -0.2) is 5.38 Å². The molecule has 0 radical (unpaired) electrons. The van der Waals surface area contributed by atoms with Crippen LogP contribution in [0, 0.1) is 5.92 Å². The van der Waals surface area contributed by atoms with Gasteiger partial charge in [0.1, 0.15) is 0 Å². The molecular weight excluding hydrogens is 236 g/mol. The van der Waals surface area contributed by atoms with Crippen LogP contribution in [0.15, 0.2) is 29.6 Å². The van der Waals surface area contributed by atoms with Crippen molar-refractivity contribution in [2.45, 2.75) is 31.1 Å². The Bertz CT molecular complexity index is 488. The molecule has 1 aromatic carbocycles. The Hall–Kier alpha value is -0.530. The van der Waals surface area contributed by atoms with E-state index in [1.165, 1.54) is 41.3 Å². The van der Waals surface area contributed by atoms with Gasteiger partial charge in [0, 0.05) is 10.1 Å². The first kappa shape index (κ1) is 10.6. The number of hydrogen-bond donors (Lipinski definition) is 0. The maximum atomic E-state index is 6.17. The van der Waals surface area contributed by atoms with Crippen molar-refractivity contribution in [1.82, 2.24) is 0 Å². The van der Waals surface area contributed by atoms with Crippen LogP contribution in [0.25, 0.3) is 10.1 Å². The van der Waals surface area contributed by atoms with Gasteiger partial charge in [-0.15, -0.1) is 22.9 Å². The van der Waals surface area contributed by atoms with Crippen molar-refractivity contribution in [3.63, 3.8) is 0 Å². The summed E-state index contributed by atoms with van der Waals surface area (Å²) in [4.78, 5) is 0. The summed E-state index contributed by atoms with van der Waals surface area (Å²) in [5.41, 5.74) is 1.52. The van der Waals surface area contributed by atoms with E-state index in [-0.39, 0.29) is 0 Å². The summed E-state index contributed by atoms with van der Waals surface area (Å²) < 4.78 is 1.41. The molecule has 16 heavy (non-hydrogen) atoms. The Balaban J connectivity index is 1.84. The maximum Gasteiger partial charge on any atom is 0.0345 e. The summed E-state index contributed by atoms with van der Waals surface area (Å²) in [5.74, 6) is 0.806. The Labute approximate surface area is 105 Å². The highest BCUT2D eigenvalue weighted by Crippen LogP contribution is 2.35. The van der Waals surface area contributed by atoms with Crippen LogP contribution in [0.2, 0.25) is 0 Å². The lowest BCUT2D eigenvalue weighted by molar-refractivity contribution is 0.550. The molecule has 2 aromatic rings. The fraction of sp³-hybridized carbons (Fsp3) is 0.429. The molecule has 1 aromatic heterocycles. The van der Waals surface area contributed by atoms with E-state index >= 15 is 0 Å². The molecule has 0 N–H and O–H groups in total. The minimum absolute atomic E-state index is 0.426. The number of thiophene rings is 1. The summed E-state index contributed by atoms with van der Waals surface area (Å²) in [5, 5.41) is 4.20. The first-order chi connectivity index (χ1) is 7.83. The largest absolute Gasteiger partial charge is 0.144 e. The number of hydrogen-bond acceptors (Lipinski definition) is 1.